The van der Waals surface area contributed by atoms with Gasteiger partial charge in [-0.25, -0.2) is 0 Å². The average molecular weight is 242 g/mol. The summed E-state index contributed by atoms with van der Waals surface area (Å²) >= 11 is 3.23. The number of hydrogen-bond acceptors (Lipinski definition) is 3. The number of rotatable bonds is 2. The molecule has 0 fully saturated rings. The van der Waals surface area contributed by atoms with E-state index in [0.717, 1.165) is 0 Å². The van der Waals surface area contributed by atoms with Crippen molar-refractivity contribution in [2.45, 2.75) is 12.8 Å². The molecule has 0 aliphatic carbocycles. The molecule has 0 atom stereocenters. The molecule has 0 aromatic heterocycles. The summed E-state index contributed by atoms with van der Waals surface area (Å²) < 4.78 is 0.707. The normalized spacial score (nSPS) is 9.54. The van der Waals surface area contributed by atoms with Gasteiger partial charge in [0.1, 0.15) is 0 Å². The van der Waals surface area contributed by atoms with Crippen LogP contribution in [0.25, 0.3) is 0 Å². The van der Waals surface area contributed by atoms with Crippen molar-refractivity contribution in [3.05, 3.63) is 22.2 Å². The van der Waals surface area contributed by atoms with Crippen molar-refractivity contribution in [1.82, 2.24) is 0 Å². The van der Waals surface area contributed by atoms with Gasteiger partial charge in [-0.05, 0) is 18.6 Å². The fourth-order valence-electron chi connectivity index (χ4n) is 1.02. The number of phenols is 2. The maximum Gasteiger partial charge on any atom is 0.161 e. The topological polar surface area (TPSA) is 64.2 Å². The number of aromatic hydroxyl groups is 2. The van der Waals surface area contributed by atoms with E-state index in [1.165, 1.54) is 6.07 Å². The molecule has 0 aliphatic heterocycles. The molecule has 1 aromatic carbocycles. The molecule has 4 heteroatoms. The molecular weight excluding hydrogens is 234 g/mol. The largest absolute Gasteiger partial charge is 0.504 e. The minimum atomic E-state index is -0.156. The first-order valence-corrected chi connectivity index (χ1v) is 4.52. The predicted molar refractivity (Wildman–Crippen MR) is 51.4 cm³/mol. The highest BCUT2D eigenvalue weighted by Gasteiger charge is 2.09. The molecule has 0 unspecified atom stereocenters. The lowest BCUT2D eigenvalue weighted by molar-refractivity contribution is 0.399. The Kier molecular flexibility index (Phi) is 3.15. The summed E-state index contributed by atoms with van der Waals surface area (Å²) in [6.07, 6.45) is 0.743. The van der Waals surface area contributed by atoms with Gasteiger partial charge in [0.25, 0.3) is 0 Å². The Morgan fingerprint density at radius 2 is 2.08 bits per heavy atom. The van der Waals surface area contributed by atoms with Gasteiger partial charge in [-0.2, -0.15) is 5.26 Å². The van der Waals surface area contributed by atoms with Gasteiger partial charge in [0.2, 0.25) is 0 Å². The van der Waals surface area contributed by atoms with Crippen molar-refractivity contribution in [3.63, 3.8) is 0 Å². The third-order valence-electron chi connectivity index (χ3n) is 1.69. The lowest BCUT2D eigenvalue weighted by Gasteiger charge is -2.06. The minimum Gasteiger partial charge on any atom is -0.504 e. The van der Waals surface area contributed by atoms with Crippen LogP contribution in [0.4, 0.5) is 0 Å². The van der Waals surface area contributed by atoms with Crippen LogP contribution >= 0.6 is 15.9 Å². The molecule has 0 bridgehead atoms. The third-order valence-corrected chi connectivity index (χ3v) is 2.43. The number of benzene rings is 1. The molecule has 2 N–H and O–H groups in total. The summed E-state index contributed by atoms with van der Waals surface area (Å²) in [5.41, 5.74) is 0.571. The van der Waals surface area contributed by atoms with Crippen LogP contribution < -0.4 is 0 Å². The lowest BCUT2D eigenvalue weighted by atomic mass is 10.1. The van der Waals surface area contributed by atoms with Gasteiger partial charge in [-0.3, -0.25) is 0 Å². The Bertz CT molecular complexity index is 357. The van der Waals surface area contributed by atoms with Crippen LogP contribution in [0.1, 0.15) is 12.0 Å². The highest BCUT2D eigenvalue weighted by molar-refractivity contribution is 9.10. The Hall–Kier alpha value is -1.21. The van der Waals surface area contributed by atoms with Gasteiger partial charge in [-0.1, -0.05) is 15.9 Å². The van der Waals surface area contributed by atoms with E-state index in [4.69, 9.17) is 5.26 Å². The number of hydrogen-bond donors (Lipinski definition) is 2. The second-order valence-corrected chi connectivity index (χ2v) is 3.41. The van der Waals surface area contributed by atoms with Crippen molar-refractivity contribution in [3.8, 4) is 17.6 Å². The van der Waals surface area contributed by atoms with E-state index in [-0.39, 0.29) is 11.5 Å². The molecule has 0 amide bonds. The molecule has 68 valence electrons. The zero-order chi connectivity index (χ0) is 9.84. The van der Waals surface area contributed by atoms with Gasteiger partial charge in [0.15, 0.2) is 11.5 Å². The van der Waals surface area contributed by atoms with Crippen LogP contribution in [0.15, 0.2) is 16.6 Å². The molecule has 1 aromatic rings. The highest BCUT2D eigenvalue weighted by atomic mass is 79.9. The molecule has 0 saturated heterocycles. The summed E-state index contributed by atoms with van der Waals surface area (Å²) in [6.45, 7) is 0. The van der Waals surface area contributed by atoms with E-state index in [9.17, 15) is 10.2 Å². The first kappa shape index (κ1) is 9.87. The summed E-state index contributed by atoms with van der Waals surface area (Å²) in [5.74, 6) is -0.305. The van der Waals surface area contributed by atoms with Crippen LogP contribution in [0.5, 0.6) is 11.5 Å². The van der Waals surface area contributed by atoms with E-state index >= 15 is 0 Å². The van der Waals surface area contributed by atoms with Crippen LogP contribution in [0.2, 0.25) is 0 Å². The summed E-state index contributed by atoms with van der Waals surface area (Å²) in [6, 6.07) is 5.02. The molecule has 0 saturated carbocycles. The van der Waals surface area contributed by atoms with E-state index in [2.05, 4.69) is 15.9 Å². The maximum absolute atomic E-state index is 9.42. The summed E-state index contributed by atoms with van der Waals surface area (Å²) in [7, 11) is 0. The predicted octanol–water partition coefficient (Wildman–Crippen LogP) is 2.32. The number of nitriles is 1. The zero-order valence-electron chi connectivity index (χ0n) is 6.79. The Morgan fingerprint density at radius 3 is 2.69 bits per heavy atom. The second-order valence-electron chi connectivity index (χ2n) is 2.55. The monoisotopic (exact) mass is 241 g/mol. The maximum atomic E-state index is 9.42. The molecule has 0 heterocycles. The van der Waals surface area contributed by atoms with Crippen molar-refractivity contribution in [1.29, 1.82) is 5.26 Å². The van der Waals surface area contributed by atoms with Crippen molar-refractivity contribution in [2.75, 3.05) is 0 Å². The van der Waals surface area contributed by atoms with Crippen LogP contribution in [-0.2, 0) is 6.42 Å². The Balaban J connectivity index is 3.04. The van der Waals surface area contributed by atoms with Crippen LogP contribution in [0, 0.1) is 11.3 Å². The van der Waals surface area contributed by atoms with Gasteiger partial charge in [-0.15, -0.1) is 0 Å². The molecule has 0 spiro atoms. The number of halogens is 1. The molecular formula is C9H8BrNO2. The van der Waals surface area contributed by atoms with Gasteiger partial charge in [0.05, 0.1) is 6.07 Å². The van der Waals surface area contributed by atoms with Gasteiger partial charge in [0, 0.05) is 16.5 Å². The Labute approximate surface area is 84.4 Å². The Morgan fingerprint density at radius 1 is 1.38 bits per heavy atom. The van der Waals surface area contributed by atoms with Crippen LogP contribution in [0.3, 0.4) is 0 Å². The average Bonchev–Trinajstić information content (AvgIpc) is 2.12. The summed E-state index contributed by atoms with van der Waals surface area (Å²) in [5, 5.41) is 27.0. The summed E-state index contributed by atoms with van der Waals surface area (Å²) in [4.78, 5) is 0. The van der Waals surface area contributed by atoms with E-state index in [1.54, 1.807) is 6.07 Å². The van der Waals surface area contributed by atoms with Crippen molar-refractivity contribution < 1.29 is 10.2 Å². The quantitative estimate of drug-likeness (QED) is 0.782. The molecule has 3 nitrogen and oxygen atoms in total. The lowest BCUT2D eigenvalue weighted by Crippen LogP contribution is -1.87. The second kappa shape index (κ2) is 4.15. The SMILES string of the molecule is N#CCCc1c(Br)ccc(O)c1O. The molecule has 0 radical (unpaired) electrons. The molecule has 1 rings (SSSR count). The fourth-order valence-corrected chi connectivity index (χ4v) is 1.54. The van der Waals surface area contributed by atoms with Crippen LogP contribution in [-0.4, -0.2) is 10.2 Å². The van der Waals surface area contributed by atoms with Gasteiger partial charge < -0.3 is 10.2 Å². The standard InChI is InChI=1S/C9H8BrNO2/c10-7-3-4-8(12)9(13)6(7)2-1-5-11/h3-4,12-13H,1-2H2. The first-order chi connectivity index (χ1) is 6.16. The van der Waals surface area contributed by atoms with E-state index < -0.39 is 0 Å². The number of nitrogens with zero attached hydrogens (tertiary/aromatic N) is 1. The van der Waals surface area contributed by atoms with E-state index in [0.29, 0.717) is 22.9 Å². The smallest absolute Gasteiger partial charge is 0.161 e. The van der Waals surface area contributed by atoms with E-state index in [1.807, 2.05) is 6.07 Å². The number of phenolic OH excluding ortho intramolecular Hbond substituents is 2. The fraction of sp³-hybridized carbons (Fsp3) is 0.222. The van der Waals surface area contributed by atoms with Gasteiger partial charge >= 0.3 is 0 Å². The van der Waals surface area contributed by atoms with Crippen molar-refractivity contribution >= 4 is 15.9 Å². The third kappa shape index (κ3) is 2.13. The zero-order valence-corrected chi connectivity index (χ0v) is 8.37. The molecule has 13 heavy (non-hydrogen) atoms. The highest BCUT2D eigenvalue weighted by Crippen LogP contribution is 2.34. The first-order valence-electron chi connectivity index (χ1n) is 3.73. The minimum absolute atomic E-state index is 0.148. The van der Waals surface area contributed by atoms with Crippen molar-refractivity contribution in [2.24, 2.45) is 0 Å². The molecule has 0 aliphatic rings.